The number of ether oxygens (including phenoxy) is 2. The summed E-state index contributed by atoms with van der Waals surface area (Å²) < 4.78 is 50.9. The normalized spacial score (nSPS) is 37.7. The molecule has 3 fully saturated rings. The summed E-state index contributed by atoms with van der Waals surface area (Å²) in [5.74, 6) is 0.107. The number of thiol groups is 1. The SMILES string of the molecule is Nc1ncnc2c1ncn2[C@@H]1O[C@@H]2COP(O)(=S)OC3C(O)[C@H](n4cnc5cc(Cl)c(Cl)cc54)O[C@@H]3COP(=O)(S)OC2C1O. The first-order valence-electron chi connectivity index (χ1n) is 13.0. The number of rotatable bonds is 2. The largest absolute Gasteiger partial charge is 0.386 e. The van der Waals surface area contributed by atoms with E-state index in [2.05, 4.69) is 32.2 Å². The minimum Gasteiger partial charge on any atom is -0.386 e. The second-order valence-electron chi connectivity index (χ2n) is 10.3. The number of hydrogen-bond acceptors (Lipinski definition) is 15. The highest BCUT2D eigenvalue weighted by atomic mass is 35.5. The van der Waals surface area contributed by atoms with Crippen molar-refractivity contribution in [3.63, 3.8) is 0 Å². The van der Waals surface area contributed by atoms with Crippen LogP contribution in [0.1, 0.15) is 12.5 Å². The summed E-state index contributed by atoms with van der Waals surface area (Å²) in [5.41, 5.74) is 7.33. The Morgan fingerprint density at radius 2 is 1.56 bits per heavy atom. The molecule has 23 heteroatoms. The first-order valence-corrected chi connectivity index (χ1v) is 19.1. The first-order chi connectivity index (χ1) is 21.3. The molecule has 0 amide bonds. The maximum Gasteiger partial charge on any atom is 0.386 e. The van der Waals surface area contributed by atoms with Crippen molar-refractivity contribution in [2.45, 2.75) is 49.1 Å². The molecule has 10 atom stereocenters. The maximum atomic E-state index is 13.5. The number of anilines is 1. The molecule has 0 aliphatic carbocycles. The molecule has 0 saturated carbocycles. The number of benzene rings is 1. The number of aromatic nitrogens is 6. The number of nitrogen functional groups attached to an aromatic ring is 1. The van der Waals surface area contributed by atoms with Crippen molar-refractivity contribution in [2.75, 3.05) is 18.9 Å². The van der Waals surface area contributed by atoms with Crippen molar-refractivity contribution >= 4 is 88.8 Å². The molecular weight excluding hydrogens is 719 g/mol. The smallest absolute Gasteiger partial charge is 0.386 e. The predicted octanol–water partition coefficient (Wildman–Crippen LogP) is 2.35. The zero-order valence-electron chi connectivity index (χ0n) is 22.4. The second kappa shape index (κ2) is 11.9. The number of aliphatic hydroxyl groups is 2. The number of nitrogens with zero attached hydrogens (tertiary/aromatic N) is 6. The van der Waals surface area contributed by atoms with Gasteiger partial charge in [-0.1, -0.05) is 35.5 Å². The van der Waals surface area contributed by atoms with Crippen LogP contribution in [0.3, 0.4) is 0 Å². The Morgan fingerprint density at radius 3 is 2.29 bits per heavy atom. The fraction of sp³-hybridized carbons (Fsp3) is 0.455. The quantitative estimate of drug-likeness (QED) is 0.147. The fourth-order valence-electron chi connectivity index (χ4n) is 5.41. The molecule has 0 bridgehead atoms. The van der Waals surface area contributed by atoms with Crippen LogP contribution in [0.5, 0.6) is 0 Å². The Labute approximate surface area is 273 Å². The summed E-state index contributed by atoms with van der Waals surface area (Å²) in [6.45, 7) is -9.38. The molecule has 0 radical (unpaired) electrons. The van der Waals surface area contributed by atoms with Crippen molar-refractivity contribution in [1.82, 2.24) is 29.1 Å². The Hall–Kier alpha value is -1.51. The first kappa shape index (κ1) is 32.1. The van der Waals surface area contributed by atoms with Crippen LogP contribution >= 0.6 is 49.0 Å². The lowest BCUT2D eigenvalue weighted by Gasteiger charge is -2.29. The van der Waals surface area contributed by atoms with Crippen molar-refractivity contribution in [3.05, 3.63) is 41.2 Å². The Balaban J connectivity index is 1.16. The van der Waals surface area contributed by atoms with E-state index < -0.39 is 75.8 Å². The van der Waals surface area contributed by atoms with E-state index in [0.29, 0.717) is 11.0 Å². The van der Waals surface area contributed by atoms with Gasteiger partial charge in [-0.15, -0.1) is 0 Å². The molecule has 0 spiro atoms. The number of aliphatic hydroxyl groups excluding tert-OH is 2. The van der Waals surface area contributed by atoms with Gasteiger partial charge in [0.25, 0.3) is 0 Å². The lowest BCUT2D eigenvalue weighted by molar-refractivity contribution is -0.0576. The summed E-state index contributed by atoms with van der Waals surface area (Å²) in [4.78, 5) is 27.5. The van der Waals surface area contributed by atoms with Crippen LogP contribution in [0.25, 0.3) is 22.2 Å². The van der Waals surface area contributed by atoms with Gasteiger partial charge in [-0.3, -0.25) is 18.1 Å². The zero-order chi connectivity index (χ0) is 31.8. The van der Waals surface area contributed by atoms with E-state index in [1.807, 2.05) is 0 Å². The second-order valence-corrected chi connectivity index (χ2v) is 16.8. The van der Waals surface area contributed by atoms with Crippen LogP contribution in [0.2, 0.25) is 10.0 Å². The molecule has 45 heavy (non-hydrogen) atoms. The fourth-order valence-corrected chi connectivity index (χ4v) is 8.66. The molecule has 242 valence electrons. The molecule has 4 aromatic rings. The summed E-state index contributed by atoms with van der Waals surface area (Å²) >= 11 is 21.7. The maximum absolute atomic E-state index is 13.5. The van der Waals surface area contributed by atoms with E-state index in [1.165, 1.54) is 28.1 Å². The van der Waals surface area contributed by atoms with Gasteiger partial charge in [-0.05, 0) is 23.9 Å². The topological polar surface area (TPSA) is 221 Å². The monoisotopic (exact) mass is 741 g/mol. The average Bonchev–Trinajstić information content (AvgIpc) is 3.73. The number of nitrogens with two attached hydrogens (primary N) is 1. The van der Waals surface area contributed by atoms with E-state index in [-0.39, 0.29) is 27.0 Å². The lowest BCUT2D eigenvalue weighted by atomic mass is 10.1. The molecule has 5 N–H and O–H groups in total. The summed E-state index contributed by atoms with van der Waals surface area (Å²) in [6, 6.07) is 3.10. The van der Waals surface area contributed by atoms with E-state index >= 15 is 0 Å². The van der Waals surface area contributed by atoms with Crippen LogP contribution in [0, 0.1) is 0 Å². The van der Waals surface area contributed by atoms with Gasteiger partial charge in [-0.2, -0.15) is 0 Å². The highest BCUT2D eigenvalue weighted by Crippen LogP contribution is 2.58. The third kappa shape index (κ3) is 5.92. The summed E-state index contributed by atoms with van der Waals surface area (Å²) in [5, 5.41) is 23.1. The van der Waals surface area contributed by atoms with E-state index in [1.54, 1.807) is 12.1 Å². The van der Waals surface area contributed by atoms with Crippen molar-refractivity contribution in [2.24, 2.45) is 0 Å². The van der Waals surface area contributed by atoms with E-state index in [0.717, 1.165) is 0 Å². The minimum atomic E-state index is -4.26. The van der Waals surface area contributed by atoms with Gasteiger partial charge >= 0.3 is 13.5 Å². The number of halogens is 2. The molecule has 3 aliphatic heterocycles. The lowest BCUT2D eigenvalue weighted by Crippen LogP contribution is -2.38. The molecule has 6 heterocycles. The van der Waals surface area contributed by atoms with Crippen LogP contribution in [0.4, 0.5) is 5.82 Å². The van der Waals surface area contributed by atoms with Crippen molar-refractivity contribution in [3.8, 4) is 0 Å². The zero-order valence-corrected chi connectivity index (χ0v) is 27.4. The molecule has 1 aromatic carbocycles. The van der Waals surface area contributed by atoms with Gasteiger partial charge in [0.2, 0.25) is 0 Å². The molecular formula is C22H23Cl2N7O10P2S2. The average molecular weight is 742 g/mol. The van der Waals surface area contributed by atoms with Gasteiger partial charge in [0.1, 0.15) is 48.5 Å². The van der Waals surface area contributed by atoms with Crippen LogP contribution < -0.4 is 5.73 Å². The Kier molecular flexibility index (Phi) is 8.46. The van der Waals surface area contributed by atoms with Crippen molar-refractivity contribution < 1.29 is 47.2 Å². The van der Waals surface area contributed by atoms with Gasteiger partial charge in [0.05, 0.1) is 46.9 Å². The number of imidazole rings is 2. The van der Waals surface area contributed by atoms with Gasteiger partial charge in [0, 0.05) is 0 Å². The molecule has 3 saturated heterocycles. The minimum absolute atomic E-state index is 0.107. The van der Waals surface area contributed by atoms with Gasteiger partial charge in [0.15, 0.2) is 23.9 Å². The summed E-state index contributed by atoms with van der Waals surface area (Å²) in [6.07, 6.45) is -6.37. The summed E-state index contributed by atoms with van der Waals surface area (Å²) in [7, 11) is 0. The number of fused-ring (bicyclic) bond motifs is 4. The molecule has 3 aromatic heterocycles. The Morgan fingerprint density at radius 1 is 0.933 bits per heavy atom. The van der Waals surface area contributed by atoms with Crippen LogP contribution in [-0.4, -0.2) is 94.0 Å². The van der Waals surface area contributed by atoms with E-state index in [9.17, 15) is 19.7 Å². The van der Waals surface area contributed by atoms with Gasteiger partial charge < -0.3 is 39.4 Å². The predicted molar refractivity (Wildman–Crippen MR) is 164 cm³/mol. The van der Waals surface area contributed by atoms with Crippen LogP contribution in [0.15, 0.2) is 31.1 Å². The number of hydrogen-bond donors (Lipinski definition) is 5. The molecule has 17 nitrogen and oxygen atoms in total. The van der Waals surface area contributed by atoms with E-state index in [4.69, 9.17) is 68.3 Å². The standard InChI is InChI=1S/C22H23Cl2N7O10P2S2/c23-8-1-10-11(2-9(8)24)30(6-28-10)21-15(32)17-12(38-21)3-36-43(35,45)41-18-13(4-37-42(34,44)40-17)39-22(16(18)33)31-7-29-14-19(25)26-5-27-20(14)31/h1-2,5-7,12-13,15-18,21-22,32-33H,3-4H2,(H,34,44)(H,35,45)(H2,25,26,27)/t12-,13-,15?,16?,17?,18?,21-,22-,42?,43?/m1/s1. The molecule has 3 aliphatic rings. The van der Waals surface area contributed by atoms with Crippen LogP contribution in [-0.2, 0) is 43.9 Å². The molecule has 6 unspecified atom stereocenters. The highest BCUT2D eigenvalue weighted by Gasteiger charge is 2.52. The highest BCUT2D eigenvalue weighted by molar-refractivity contribution is 8.44. The Bertz CT molecular complexity index is 1890. The molecule has 7 rings (SSSR count). The third-order valence-corrected chi connectivity index (χ3v) is 11.4. The third-order valence-electron chi connectivity index (χ3n) is 7.48. The van der Waals surface area contributed by atoms with Gasteiger partial charge in [-0.25, -0.2) is 24.5 Å². The van der Waals surface area contributed by atoms with Crippen molar-refractivity contribution in [1.29, 1.82) is 0 Å².